The van der Waals surface area contributed by atoms with Crippen LogP contribution in [-0.2, 0) is 14.8 Å². The maximum atomic E-state index is 12.7. The highest BCUT2D eigenvalue weighted by Gasteiger charge is 2.25. The van der Waals surface area contributed by atoms with Gasteiger partial charge < -0.3 is 14.8 Å². The van der Waals surface area contributed by atoms with Gasteiger partial charge in [-0.15, -0.1) is 0 Å². The number of methoxy groups -OCH3 is 2. The van der Waals surface area contributed by atoms with Crippen molar-refractivity contribution in [1.29, 1.82) is 0 Å². The van der Waals surface area contributed by atoms with E-state index in [1.807, 2.05) is 39.0 Å². The minimum Gasteiger partial charge on any atom is -0.497 e. The second kappa shape index (κ2) is 9.17. The summed E-state index contributed by atoms with van der Waals surface area (Å²) in [6.07, 6.45) is 1.05. The highest BCUT2D eigenvalue weighted by molar-refractivity contribution is 7.92. The summed E-state index contributed by atoms with van der Waals surface area (Å²) in [6, 6.07) is 10.5. The Balaban J connectivity index is 2.27. The van der Waals surface area contributed by atoms with Gasteiger partial charge in [-0.3, -0.25) is 9.10 Å². The van der Waals surface area contributed by atoms with Crippen LogP contribution in [-0.4, -0.2) is 41.3 Å². The molecule has 0 fully saturated rings. The van der Waals surface area contributed by atoms with E-state index in [1.165, 1.54) is 14.2 Å². The molecule has 0 aliphatic carbocycles. The summed E-state index contributed by atoms with van der Waals surface area (Å²) in [6.45, 7) is 5.47. The fourth-order valence-corrected chi connectivity index (χ4v) is 3.95. The lowest BCUT2D eigenvalue weighted by Gasteiger charge is -2.25. The van der Waals surface area contributed by atoms with Crippen molar-refractivity contribution in [1.82, 2.24) is 5.32 Å². The standard InChI is InChI=1S/C21H28N2O5S/c1-14-7-8-15(2)18(11-14)16(3)22-21(24)13-23(29(6,25)26)19-10-9-17(27-4)12-20(19)28-5/h7-12,16H,13H2,1-6H3,(H,22,24). The van der Waals surface area contributed by atoms with Crippen LogP contribution in [0.5, 0.6) is 11.5 Å². The van der Waals surface area contributed by atoms with Crippen molar-refractivity contribution in [3.63, 3.8) is 0 Å². The fraction of sp³-hybridized carbons (Fsp3) is 0.381. The van der Waals surface area contributed by atoms with Crippen LogP contribution in [0.4, 0.5) is 5.69 Å². The summed E-state index contributed by atoms with van der Waals surface area (Å²) in [7, 11) is -0.792. The third-order valence-corrected chi connectivity index (χ3v) is 5.75. The monoisotopic (exact) mass is 420 g/mol. The molecule has 0 aliphatic heterocycles. The number of aryl methyl sites for hydroxylation is 2. The molecule has 8 heteroatoms. The smallest absolute Gasteiger partial charge is 0.241 e. The number of carbonyl (C=O) groups is 1. The third-order valence-electron chi connectivity index (χ3n) is 4.62. The topological polar surface area (TPSA) is 84.9 Å². The third kappa shape index (κ3) is 5.63. The van der Waals surface area contributed by atoms with Crippen LogP contribution in [0, 0.1) is 13.8 Å². The molecule has 2 aromatic carbocycles. The van der Waals surface area contributed by atoms with Crippen LogP contribution in [0.1, 0.15) is 29.7 Å². The van der Waals surface area contributed by atoms with Gasteiger partial charge in [0.25, 0.3) is 0 Å². The molecule has 1 atom stereocenters. The number of amides is 1. The number of carbonyl (C=O) groups excluding carboxylic acids is 1. The van der Waals surface area contributed by atoms with E-state index in [0.29, 0.717) is 11.5 Å². The average molecular weight is 421 g/mol. The zero-order valence-corrected chi connectivity index (χ0v) is 18.5. The van der Waals surface area contributed by atoms with E-state index in [2.05, 4.69) is 5.32 Å². The minimum absolute atomic E-state index is 0.262. The Kier molecular flexibility index (Phi) is 7.13. The van der Waals surface area contributed by atoms with Gasteiger partial charge >= 0.3 is 0 Å². The lowest BCUT2D eigenvalue weighted by Crippen LogP contribution is -2.41. The van der Waals surface area contributed by atoms with Crippen molar-refractivity contribution < 1.29 is 22.7 Å². The van der Waals surface area contributed by atoms with Crippen LogP contribution in [0.3, 0.4) is 0 Å². The number of ether oxygens (including phenoxy) is 2. The van der Waals surface area contributed by atoms with Crippen LogP contribution in [0.2, 0.25) is 0 Å². The Morgan fingerprint density at radius 1 is 1.10 bits per heavy atom. The quantitative estimate of drug-likeness (QED) is 0.710. The second-order valence-electron chi connectivity index (χ2n) is 6.96. The van der Waals surface area contributed by atoms with Gasteiger partial charge in [0, 0.05) is 6.07 Å². The number of sulfonamides is 1. The number of hydrogen-bond acceptors (Lipinski definition) is 5. The molecule has 0 radical (unpaired) electrons. The molecule has 0 aromatic heterocycles. The molecule has 2 rings (SSSR count). The molecule has 7 nitrogen and oxygen atoms in total. The number of rotatable bonds is 8. The van der Waals surface area contributed by atoms with Gasteiger partial charge in [0.05, 0.1) is 32.2 Å². The molecule has 29 heavy (non-hydrogen) atoms. The Bertz CT molecular complexity index is 989. The van der Waals surface area contributed by atoms with E-state index < -0.39 is 15.9 Å². The van der Waals surface area contributed by atoms with Crippen LogP contribution < -0.4 is 19.1 Å². The largest absolute Gasteiger partial charge is 0.497 e. The molecule has 0 saturated heterocycles. The maximum Gasteiger partial charge on any atom is 0.241 e. The zero-order chi connectivity index (χ0) is 21.8. The molecular weight excluding hydrogens is 392 g/mol. The van der Waals surface area contributed by atoms with Crippen LogP contribution in [0.25, 0.3) is 0 Å². The van der Waals surface area contributed by atoms with Gasteiger partial charge in [0.2, 0.25) is 15.9 Å². The van der Waals surface area contributed by atoms with Gasteiger partial charge in [-0.1, -0.05) is 23.8 Å². The number of nitrogens with zero attached hydrogens (tertiary/aromatic N) is 1. The lowest BCUT2D eigenvalue weighted by molar-refractivity contribution is -0.120. The van der Waals surface area contributed by atoms with Crippen molar-refractivity contribution in [3.05, 3.63) is 53.1 Å². The minimum atomic E-state index is -3.73. The summed E-state index contributed by atoms with van der Waals surface area (Å²) < 4.78 is 36.3. The van der Waals surface area contributed by atoms with Gasteiger partial charge in [0.1, 0.15) is 18.0 Å². The molecule has 1 amide bonds. The fourth-order valence-electron chi connectivity index (χ4n) is 3.09. The number of benzene rings is 2. The number of nitrogens with one attached hydrogen (secondary N) is 1. The summed E-state index contributed by atoms with van der Waals surface area (Å²) in [5.41, 5.74) is 3.41. The van der Waals surface area contributed by atoms with Crippen molar-refractivity contribution in [2.45, 2.75) is 26.8 Å². The van der Waals surface area contributed by atoms with Crippen molar-refractivity contribution in [2.24, 2.45) is 0 Å². The predicted octanol–water partition coefficient (Wildman–Crippen LogP) is 2.96. The van der Waals surface area contributed by atoms with Gasteiger partial charge in [-0.05, 0) is 44.0 Å². The van der Waals surface area contributed by atoms with Gasteiger partial charge in [-0.2, -0.15) is 0 Å². The average Bonchev–Trinajstić information content (AvgIpc) is 2.66. The summed E-state index contributed by atoms with van der Waals surface area (Å²) >= 11 is 0. The first kappa shape index (κ1) is 22.5. The first-order valence-corrected chi connectivity index (χ1v) is 11.0. The molecule has 1 N–H and O–H groups in total. The summed E-state index contributed by atoms with van der Waals surface area (Å²) in [5.74, 6) is 0.402. The summed E-state index contributed by atoms with van der Waals surface area (Å²) in [4.78, 5) is 12.7. The molecule has 158 valence electrons. The van der Waals surface area contributed by atoms with Gasteiger partial charge in [-0.25, -0.2) is 8.42 Å². The Labute approximate surface area is 172 Å². The molecule has 0 bridgehead atoms. The molecule has 0 spiro atoms. The van der Waals surface area contributed by atoms with Crippen LogP contribution in [0.15, 0.2) is 36.4 Å². The molecule has 0 heterocycles. The first-order valence-electron chi connectivity index (χ1n) is 9.13. The summed E-state index contributed by atoms with van der Waals surface area (Å²) in [5, 5.41) is 2.89. The van der Waals surface area contributed by atoms with Crippen molar-refractivity contribution in [3.8, 4) is 11.5 Å². The highest BCUT2D eigenvalue weighted by Crippen LogP contribution is 2.33. The number of hydrogen-bond donors (Lipinski definition) is 1. The highest BCUT2D eigenvalue weighted by atomic mass is 32.2. The zero-order valence-electron chi connectivity index (χ0n) is 17.6. The number of anilines is 1. The maximum absolute atomic E-state index is 12.7. The molecule has 2 aromatic rings. The normalized spacial score (nSPS) is 12.2. The Hall–Kier alpha value is -2.74. The second-order valence-corrected chi connectivity index (χ2v) is 8.86. The van der Waals surface area contributed by atoms with E-state index in [9.17, 15) is 13.2 Å². The lowest BCUT2D eigenvalue weighted by atomic mass is 10.00. The van der Waals surface area contributed by atoms with Crippen molar-refractivity contribution >= 4 is 21.6 Å². The molecule has 0 saturated carbocycles. The van der Waals surface area contributed by atoms with Crippen molar-refractivity contribution in [2.75, 3.05) is 31.3 Å². The van der Waals surface area contributed by atoms with E-state index in [0.717, 1.165) is 27.3 Å². The Morgan fingerprint density at radius 2 is 1.79 bits per heavy atom. The van der Waals surface area contributed by atoms with E-state index in [-0.39, 0.29) is 18.3 Å². The predicted molar refractivity (Wildman–Crippen MR) is 114 cm³/mol. The van der Waals surface area contributed by atoms with Gasteiger partial charge in [0.15, 0.2) is 0 Å². The Morgan fingerprint density at radius 3 is 2.38 bits per heavy atom. The van der Waals surface area contributed by atoms with E-state index >= 15 is 0 Å². The van der Waals surface area contributed by atoms with E-state index in [4.69, 9.17) is 9.47 Å². The molecular formula is C21H28N2O5S. The molecule has 0 aliphatic rings. The van der Waals surface area contributed by atoms with Crippen LogP contribution >= 0.6 is 0 Å². The SMILES string of the molecule is COc1ccc(N(CC(=O)NC(C)c2cc(C)ccc2C)S(C)(=O)=O)c(OC)c1. The van der Waals surface area contributed by atoms with E-state index in [1.54, 1.807) is 18.2 Å². The first-order chi connectivity index (χ1) is 13.6. The molecule has 1 unspecified atom stereocenters.